The van der Waals surface area contributed by atoms with Crippen molar-refractivity contribution in [3.05, 3.63) is 0 Å². The first-order chi connectivity index (χ1) is 4.93. The number of sulfone groups is 1. The van der Waals surface area contributed by atoms with Gasteiger partial charge in [0.25, 0.3) is 0 Å². The molecule has 0 aromatic carbocycles. The fraction of sp³-hybridized carbons (Fsp3) is 1.00. The van der Waals surface area contributed by atoms with E-state index in [2.05, 4.69) is 0 Å². The van der Waals surface area contributed by atoms with Gasteiger partial charge in [0.1, 0.15) is 0 Å². The van der Waals surface area contributed by atoms with E-state index < -0.39 is 14.6 Å². The third-order valence-corrected chi connectivity index (χ3v) is 4.76. The summed E-state index contributed by atoms with van der Waals surface area (Å²) in [4.78, 5) is 0. The lowest BCUT2D eigenvalue weighted by Gasteiger charge is -2.27. The molecule has 0 rings (SSSR count). The van der Waals surface area contributed by atoms with Crippen molar-refractivity contribution in [2.75, 3.05) is 12.8 Å². The van der Waals surface area contributed by atoms with E-state index in [1.54, 1.807) is 0 Å². The minimum atomic E-state index is -3.00. The fourth-order valence-corrected chi connectivity index (χ4v) is 2.57. The molecule has 4 heteroatoms. The van der Waals surface area contributed by atoms with Crippen LogP contribution in [0.4, 0.5) is 0 Å². The van der Waals surface area contributed by atoms with Crippen LogP contribution in [0.15, 0.2) is 0 Å². The fourth-order valence-electron chi connectivity index (χ4n) is 1.21. The SMILES string of the molecule is CCC(CC)(CN)S(C)(=O)=O. The van der Waals surface area contributed by atoms with Crippen LogP contribution in [0.1, 0.15) is 26.7 Å². The number of nitrogens with two attached hydrogens (primary N) is 1. The quantitative estimate of drug-likeness (QED) is 0.685. The molecule has 0 atom stereocenters. The molecule has 0 saturated carbocycles. The van der Waals surface area contributed by atoms with Crippen LogP contribution >= 0.6 is 0 Å². The zero-order valence-corrected chi connectivity index (χ0v) is 8.24. The minimum Gasteiger partial charge on any atom is -0.329 e. The van der Waals surface area contributed by atoms with Crippen LogP contribution in [0.3, 0.4) is 0 Å². The predicted octanol–water partition coefficient (Wildman–Crippen LogP) is 0.549. The second kappa shape index (κ2) is 3.54. The van der Waals surface area contributed by atoms with E-state index in [4.69, 9.17) is 5.73 Å². The summed E-state index contributed by atoms with van der Waals surface area (Å²) in [5.41, 5.74) is 5.44. The molecule has 0 fully saturated rings. The van der Waals surface area contributed by atoms with E-state index in [0.29, 0.717) is 12.8 Å². The zero-order chi connectivity index (χ0) is 9.12. The Morgan fingerprint density at radius 2 is 1.64 bits per heavy atom. The predicted molar refractivity (Wildman–Crippen MR) is 47.2 cm³/mol. The van der Waals surface area contributed by atoms with Crippen LogP contribution < -0.4 is 5.73 Å². The van der Waals surface area contributed by atoms with Crippen molar-refractivity contribution in [2.24, 2.45) is 5.73 Å². The average molecular weight is 179 g/mol. The van der Waals surface area contributed by atoms with Crippen molar-refractivity contribution in [3.8, 4) is 0 Å². The lowest BCUT2D eigenvalue weighted by molar-refractivity contribution is 0.490. The van der Waals surface area contributed by atoms with Crippen molar-refractivity contribution >= 4 is 9.84 Å². The van der Waals surface area contributed by atoms with Gasteiger partial charge in [0.05, 0.1) is 4.75 Å². The Kier molecular flexibility index (Phi) is 3.51. The minimum absolute atomic E-state index is 0.221. The lowest BCUT2D eigenvalue weighted by atomic mass is 10.0. The third kappa shape index (κ3) is 1.93. The Hall–Kier alpha value is -0.0900. The van der Waals surface area contributed by atoms with Crippen molar-refractivity contribution in [1.82, 2.24) is 0 Å². The summed E-state index contributed by atoms with van der Waals surface area (Å²) in [6.07, 6.45) is 2.45. The molecule has 0 saturated heterocycles. The van der Waals surface area contributed by atoms with Crippen molar-refractivity contribution in [1.29, 1.82) is 0 Å². The molecule has 0 aliphatic rings. The van der Waals surface area contributed by atoms with Crippen LogP contribution in [-0.4, -0.2) is 26.0 Å². The molecular weight excluding hydrogens is 162 g/mol. The van der Waals surface area contributed by atoms with Gasteiger partial charge in [0.2, 0.25) is 0 Å². The van der Waals surface area contributed by atoms with Crippen LogP contribution in [0.25, 0.3) is 0 Å². The maximum atomic E-state index is 11.3. The smallest absolute Gasteiger partial charge is 0.154 e. The summed E-state index contributed by atoms with van der Waals surface area (Å²) in [5, 5.41) is 0. The van der Waals surface area contributed by atoms with Gasteiger partial charge in [-0.25, -0.2) is 8.42 Å². The highest BCUT2D eigenvalue weighted by molar-refractivity contribution is 7.92. The van der Waals surface area contributed by atoms with Gasteiger partial charge < -0.3 is 5.73 Å². The number of hydrogen-bond donors (Lipinski definition) is 1. The molecular formula is C7H17NO2S. The van der Waals surface area contributed by atoms with Gasteiger partial charge in [-0.3, -0.25) is 0 Å². The molecule has 0 aromatic heterocycles. The topological polar surface area (TPSA) is 60.2 Å². The Bertz CT molecular complexity index is 196. The molecule has 11 heavy (non-hydrogen) atoms. The van der Waals surface area contributed by atoms with Crippen LogP contribution in [-0.2, 0) is 9.84 Å². The molecule has 0 amide bonds. The van der Waals surface area contributed by atoms with E-state index in [1.165, 1.54) is 6.26 Å². The molecule has 68 valence electrons. The summed E-state index contributed by atoms with van der Waals surface area (Å²) >= 11 is 0. The summed E-state index contributed by atoms with van der Waals surface area (Å²) in [6, 6.07) is 0. The third-order valence-electron chi connectivity index (χ3n) is 2.45. The Balaban J connectivity index is 4.86. The molecule has 0 bridgehead atoms. The number of hydrogen-bond acceptors (Lipinski definition) is 3. The molecule has 0 radical (unpaired) electrons. The van der Waals surface area contributed by atoms with E-state index in [0.717, 1.165) is 0 Å². The van der Waals surface area contributed by atoms with E-state index >= 15 is 0 Å². The van der Waals surface area contributed by atoms with Gasteiger partial charge in [-0.2, -0.15) is 0 Å². The normalized spacial score (nSPS) is 13.5. The second-order valence-corrected chi connectivity index (χ2v) is 5.28. The van der Waals surface area contributed by atoms with Crippen molar-refractivity contribution < 1.29 is 8.42 Å². The largest absolute Gasteiger partial charge is 0.329 e. The Labute approximate surface area is 68.9 Å². The summed E-state index contributed by atoms with van der Waals surface area (Å²) in [5.74, 6) is 0. The van der Waals surface area contributed by atoms with Gasteiger partial charge in [-0.05, 0) is 12.8 Å². The maximum absolute atomic E-state index is 11.3. The zero-order valence-electron chi connectivity index (χ0n) is 7.42. The molecule has 0 aliphatic carbocycles. The molecule has 0 aliphatic heterocycles. The molecule has 0 spiro atoms. The van der Waals surface area contributed by atoms with E-state index in [9.17, 15) is 8.42 Å². The van der Waals surface area contributed by atoms with Crippen LogP contribution in [0, 0.1) is 0 Å². The lowest BCUT2D eigenvalue weighted by Crippen LogP contribution is -2.43. The summed E-state index contributed by atoms with van der Waals surface area (Å²) in [7, 11) is -3.00. The molecule has 0 heterocycles. The van der Waals surface area contributed by atoms with Crippen molar-refractivity contribution in [3.63, 3.8) is 0 Å². The first kappa shape index (κ1) is 10.9. The molecule has 0 unspecified atom stereocenters. The average Bonchev–Trinajstić information content (AvgIpc) is 1.90. The van der Waals surface area contributed by atoms with E-state index in [-0.39, 0.29) is 6.54 Å². The summed E-state index contributed by atoms with van der Waals surface area (Å²) in [6.45, 7) is 3.94. The molecule has 0 aromatic rings. The second-order valence-electron chi connectivity index (χ2n) is 2.87. The van der Waals surface area contributed by atoms with Gasteiger partial charge in [-0.15, -0.1) is 0 Å². The Morgan fingerprint density at radius 1 is 1.27 bits per heavy atom. The van der Waals surface area contributed by atoms with Gasteiger partial charge in [0, 0.05) is 12.8 Å². The monoisotopic (exact) mass is 179 g/mol. The maximum Gasteiger partial charge on any atom is 0.154 e. The summed E-state index contributed by atoms with van der Waals surface area (Å²) < 4.78 is 21.8. The van der Waals surface area contributed by atoms with Crippen molar-refractivity contribution in [2.45, 2.75) is 31.4 Å². The highest BCUT2D eigenvalue weighted by Crippen LogP contribution is 2.23. The molecule has 2 N–H and O–H groups in total. The van der Waals surface area contributed by atoms with Gasteiger partial charge in [0.15, 0.2) is 9.84 Å². The van der Waals surface area contributed by atoms with E-state index in [1.807, 2.05) is 13.8 Å². The highest BCUT2D eigenvalue weighted by atomic mass is 32.2. The molecule has 3 nitrogen and oxygen atoms in total. The van der Waals surface area contributed by atoms with Crippen LogP contribution in [0.5, 0.6) is 0 Å². The standard InChI is InChI=1S/C7H17NO2S/c1-4-7(5-2,6-8)11(3,9)10/h4-6,8H2,1-3H3. The first-order valence-electron chi connectivity index (χ1n) is 3.83. The van der Waals surface area contributed by atoms with Crippen LogP contribution in [0.2, 0.25) is 0 Å². The Morgan fingerprint density at radius 3 is 1.64 bits per heavy atom. The van der Waals surface area contributed by atoms with Gasteiger partial charge in [-0.1, -0.05) is 13.8 Å². The first-order valence-corrected chi connectivity index (χ1v) is 5.72. The number of rotatable bonds is 4. The van der Waals surface area contributed by atoms with Gasteiger partial charge >= 0.3 is 0 Å². The highest BCUT2D eigenvalue weighted by Gasteiger charge is 2.35.